The van der Waals surface area contributed by atoms with Crippen LogP contribution in [0.15, 0.2) is 41.8 Å². The molecule has 25 heavy (non-hydrogen) atoms. The molecule has 0 aliphatic heterocycles. The number of hydrogen-bond donors (Lipinski definition) is 2. The van der Waals surface area contributed by atoms with E-state index in [4.69, 9.17) is 0 Å². The molecule has 3 nitrogen and oxygen atoms in total. The second kappa shape index (κ2) is 8.49. The summed E-state index contributed by atoms with van der Waals surface area (Å²) in [5, 5.41) is 6.86. The van der Waals surface area contributed by atoms with Gasteiger partial charge in [0.05, 0.1) is 12.6 Å². The van der Waals surface area contributed by atoms with Crippen molar-refractivity contribution in [2.45, 2.75) is 32.0 Å². The Morgan fingerprint density at radius 2 is 1.76 bits per heavy atom. The normalized spacial score (nSPS) is 13.0. The van der Waals surface area contributed by atoms with Gasteiger partial charge in [0, 0.05) is 4.88 Å². The van der Waals surface area contributed by atoms with Crippen LogP contribution in [0.1, 0.15) is 41.8 Å². The topological polar surface area (TPSA) is 41.1 Å². The summed E-state index contributed by atoms with van der Waals surface area (Å²) in [7, 11) is 0. The molecule has 0 bridgehead atoms. The van der Waals surface area contributed by atoms with Crippen molar-refractivity contribution < 1.29 is 18.0 Å². The first-order valence-electron chi connectivity index (χ1n) is 7.96. The summed E-state index contributed by atoms with van der Waals surface area (Å²) in [5.74, 6) is -0.270. The van der Waals surface area contributed by atoms with Crippen LogP contribution in [0.25, 0.3) is 0 Å². The maximum atomic E-state index is 12.2. The fourth-order valence-electron chi connectivity index (χ4n) is 2.37. The average molecular weight is 370 g/mol. The van der Waals surface area contributed by atoms with E-state index >= 15 is 0 Å². The van der Waals surface area contributed by atoms with Crippen molar-refractivity contribution in [1.29, 1.82) is 0 Å². The van der Waals surface area contributed by atoms with Crippen LogP contribution in [0.5, 0.6) is 0 Å². The van der Waals surface area contributed by atoms with Gasteiger partial charge >= 0.3 is 6.18 Å². The van der Waals surface area contributed by atoms with E-state index in [0.717, 1.165) is 10.4 Å². The lowest BCUT2D eigenvalue weighted by Crippen LogP contribution is -2.40. The maximum Gasteiger partial charge on any atom is 0.405 e. The highest BCUT2D eigenvalue weighted by molar-refractivity contribution is 7.10. The van der Waals surface area contributed by atoms with Gasteiger partial charge in [0.15, 0.2) is 0 Å². The van der Waals surface area contributed by atoms with Crippen LogP contribution in [0.3, 0.4) is 0 Å². The zero-order chi connectivity index (χ0) is 18.4. The molecule has 0 aliphatic carbocycles. The molecule has 1 amide bonds. The second-order valence-electron chi connectivity index (χ2n) is 6.04. The zero-order valence-electron chi connectivity index (χ0n) is 14.1. The van der Waals surface area contributed by atoms with Gasteiger partial charge in [0.2, 0.25) is 5.91 Å². The lowest BCUT2D eigenvalue weighted by molar-refractivity contribution is -0.137. The Kier molecular flexibility index (Phi) is 6.61. The van der Waals surface area contributed by atoms with Gasteiger partial charge in [-0.1, -0.05) is 44.2 Å². The van der Waals surface area contributed by atoms with Gasteiger partial charge in [-0.3, -0.25) is 10.1 Å². The molecule has 0 unspecified atom stereocenters. The third kappa shape index (κ3) is 6.17. The Hall–Kier alpha value is -1.86. The van der Waals surface area contributed by atoms with Crippen LogP contribution in [0, 0.1) is 0 Å². The van der Waals surface area contributed by atoms with Gasteiger partial charge < -0.3 is 5.32 Å². The highest BCUT2D eigenvalue weighted by atomic mass is 32.1. The van der Waals surface area contributed by atoms with Crippen molar-refractivity contribution in [3.05, 3.63) is 57.8 Å². The number of thiophene rings is 1. The molecule has 136 valence electrons. The van der Waals surface area contributed by atoms with Gasteiger partial charge in [-0.25, -0.2) is 0 Å². The van der Waals surface area contributed by atoms with Crippen molar-refractivity contribution in [3.8, 4) is 0 Å². The summed E-state index contributed by atoms with van der Waals surface area (Å²) in [5.41, 5.74) is 2.17. The van der Waals surface area contributed by atoms with Crippen molar-refractivity contribution in [2.75, 3.05) is 13.1 Å². The third-order valence-corrected chi connectivity index (χ3v) is 4.65. The van der Waals surface area contributed by atoms with E-state index in [0.29, 0.717) is 5.92 Å². The van der Waals surface area contributed by atoms with Gasteiger partial charge in [-0.05, 0) is 28.5 Å². The van der Waals surface area contributed by atoms with Crippen molar-refractivity contribution >= 4 is 17.2 Å². The minimum absolute atomic E-state index is 0.190. The van der Waals surface area contributed by atoms with E-state index in [1.165, 1.54) is 16.9 Å². The van der Waals surface area contributed by atoms with Crippen LogP contribution in [0.4, 0.5) is 13.2 Å². The molecule has 0 fully saturated rings. The first-order chi connectivity index (χ1) is 11.8. The Bertz CT molecular complexity index is 667. The Balaban J connectivity index is 2.06. The van der Waals surface area contributed by atoms with E-state index in [-0.39, 0.29) is 12.6 Å². The molecule has 1 atom stereocenters. The van der Waals surface area contributed by atoms with Crippen LogP contribution in [-0.4, -0.2) is 25.2 Å². The van der Waals surface area contributed by atoms with E-state index in [2.05, 4.69) is 19.2 Å². The fourth-order valence-corrected chi connectivity index (χ4v) is 3.19. The number of carbonyl (C=O) groups excluding carboxylic acids is 1. The first-order valence-corrected chi connectivity index (χ1v) is 8.84. The molecule has 0 saturated heterocycles. The van der Waals surface area contributed by atoms with E-state index in [1.807, 2.05) is 47.1 Å². The first kappa shape index (κ1) is 19.5. The van der Waals surface area contributed by atoms with Crippen LogP contribution in [-0.2, 0) is 4.79 Å². The maximum absolute atomic E-state index is 12.2. The van der Waals surface area contributed by atoms with Gasteiger partial charge in [-0.15, -0.1) is 11.3 Å². The second-order valence-corrected chi connectivity index (χ2v) is 7.02. The summed E-state index contributed by atoms with van der Waals surface area (Å²) >= 11 is 1.53. The number of hydrogen-bond acceptors (Lipinski definition) is 3. The number of carbonyl (C=O) groups is 1. The molecule has 2 rings (SSSR count). The van der Waals surface area contributed by atoms with Crippen molar-refractivity contribution in [2.24, 2.45) is 0 Å². The average Bonchev–Trinajstić information content (AvgIpc) is 3.07. The highest BCUT2D eigenvalue weighted by Crippen LogP contribution is 2.27. The number of nitrogens with one attached hydrogen (secondary N) is 2. The number of benzene rings is 1. The summed E-state index contributed by atoms with van der Waals surface area (Å²) < 4.78 is 36.5. The molecule has 0 saturated carbocycles. The summed E-state index contributed by atoms with van der Waals surface area (Å²) in [4.78, 5) is 12.7. The highest BCUT2D eigenvalue weighted by Gasteiger charge is 2.27. The SMILES string of the molecule is CC(C)c1ccc([C@H](NCC(=O)NCC(F)(F)F)c2cccs2)cc1. The van der Waals surface area contributed by atoms with E-state index in [9.17, 15) is 18.0 Å². The minimum Gasteiger partial charge on any atom is -0.346 e. The molecule has 2 aromatic rings. The molecule has 0 aliphatic rings. The molecule has 1 heterocycles. The molecular formula is C18H21F3N2OS. The lowest BCUT2D eigenvalue weighted by Gasteiger charge is -2.19. The quantitative estimate of drug-likeness (QED) is 0.766. The predicted octanol–water partition coefficient (Wildman–Crippen LogP) is 4.23. The van der Waals surface area contributed by atoms with Crippen molar-refractivity contribution in [1.82, 2.24) is 10.6 Å². The minimum atomic E-state index is -4.41. The standard InChI is InChI=1S/C18H21F3N2OS/c1-12(2)13-5-7-14(8-6-13)17(15-4-3-9-25-15)22-10-16(24)23-11-18(19,20)21/h3-9,12,17,22H,10-11H2,1-2H3,(H,23,24)/t17-/m0/s1. The number of alkyl halides is 3. The number of amides is 1. The van der Waals surface area contributed by atoms with Crippen LogP contribution in [0.2, 0.25) is 0 Å². The molecule has 0 radical (unpaired) electrons. The van der Waals surface area contributed by atoms with E-state index in [1.54, 1.807) is 0 Å². The number of rotatable bonds is 7. The molecule has 1 aromatic carbocycles. The van der Waals surface area contributed by atoms with Gasteiger partial charge in [-0.2, -0.15) is 13.2 Å². The summed E-state index contributed by atoms with van der Waals surface area (Å²) in [6, 6.07) is 11.6. The fraction of sp³-hybridized carbons (Fsp3) is 0.389. The molecule has 0 spiro atoms. The largest absolute Gasteiger partial charge is 0.405 e. The smallest absolute Gasteiger partial charge is 0.346 e. The van der Waals surface area contributed by atoms with Crippen LogP contribution < -0.4 is 10.6 Å². The Morgan fingerprint density at radius 3 is 2.28 bits per heavy atom. The predicted molar refractivity (Wildman–Crippen MR) is 93.8 cm³/mol. The molecular weight excluding hydrogens is 349 g/mol. The van der Waals surface area contributed by atoms with Crippen LogP contribution >= 0.6 is 11.3 Å². The lowest BCUT2D eigenvalue weighted by atomic mass is 9.98. The van der Waals surface area contributed by atoms with Gasteiger partial charge in [0.25, 0.3) is 0 Å². The zero-order valence-corrected chi connectivity index (χ0v) is 14.9. The van der Waals surface area contributed by atoms with Crippen molar-refractivity contribution in [3.63, 3.8) is 0 Å². The Morgan fingerprint density at radius 1 is 1.12 bits per heavy atom. The Labute approximate surface area is 149 Å². The summed E-state index contributed by atoms with van der Waals surface area (Å²) in [6.07, 6.45) is -4.41. The molecule has 2 N–H and O–H groups in total. The molecule has 1 aromatic heterocycles. The third-order valence-electron chi connectivity index (χ3n) is 3.72. The summed E-state index contributed by atoms with van der Waals surface area (Å²) in [6.45, 7) is 2.70. The monoisotopic (exact) mass is 370 g/mol. The molecule has 7 heteroatoms. The van der Waals surface area contributed by atoms with Gasteiger partial charge in [0.1, 0.15) is 6.54 Å². The number of halogens is 3. The van der Waals surface area contributed by atoms with E-state index < -0.39 is 18.6 Å².